The van der Waals surface area contributed by atoms with E-state index in [0.717, 1.165) is 23.1 Å². The van der Waals surface area contributed by atoms with Gasteiger partial charge in [-0.3, -0.25) is 4.79 Å². The maximum atomic E-state index is 15.4. The third kappa shape index (κ3) is 6.17. The van der Waals surface area contributed by atoms with E-state index in [2.05, 4.69) is 18.2 Å². The van der Waals surface area contributed by atoms with Gasteiger partial charge in [0.25, 0.3) is 5.70 Å². The predicted molar refractivity (Wildman–Crippen MR) is 139 cm³/mol. The molecule has 2 aromatic carbocycles. The summed E-state index contributed by atoms with van der Waals surface area (Å²) in [6.07, 6.45) is 7.77. The maximum absolute atomic E-state index is 15.4. The minimum Gasteiger partial charge on any atom is -0.494 e. The summed E-state index contributed by atoms with van der Waals surface area (Å²) in [5.74, 6) is 0.382. The van der Waals surface area contributed by atoms with Crippen molar-refractivity contribution in [1.82, 2.24) is 0 Å². The highest BCUT2D eigenvalue weighted by atomic mass is 32.2. The first kappa shape index (κ1) is 26.0. The van der Waals surface area contributed by atoms with Crippen LogP contribution in [0.25, 0.3) is 0 Å². The number of unbranched alkanes of at least 4 members (excludes halogenated alkanes) is 1. The van der Waals surface area contributed by atoms with Gasteiger partial charge in [-0.15, -0.1) is 0 Å². The van der Waals surface area contributed by atoms with Crippen molar-refractivity contribution in [3.05, 3.63) is 83.6 Å². The largest absolute Gasteiger partial charge is 0.494 e. The zero-order valence-corrected chi connectivity index (χ0v) is 21.3. The van der Waals surface area contributed by atoms with Crippen molar-refractivity contribution in [1.29, 1.82) is 0 Å². The third-order valence-electron chi connectivity index (χ3n) is 6.04. The van der Waals surface area contributed by atoms with Crippen LogP contribution < -0.4 is 10.1 Å². The van der Waals surface area contributed by atoms with Gasteiger partial charge in [0.1, 0.15) is 18.7 Å². The highest BCUT2D eigenvalue weighted by molar-refractivity contribution is 7.92. The Hall–Kier alpha value is -3.11. The Balaban J connectivity index is 1.29. The number of anilines is 1. The highest BCUT2D eigenvalue weighted by Gasteiger charge is 2.43. The van der Waals surface area contributed by atoms with Crippen LogP contribution in [-0.2, 0) is 31.1 Å². The van der Waals surface area contributed by atoms with E-state index in [9.17, 15) is 13.2 Å². The molecule has 7 nitrogen and oxygen atoms in total. The van der Waals surface area contributed by atoms with Crippen molar-refractivity contribution < 1.29 is 31.4 Å². The molecule has 1 aliphatic carbocycles. The van der Waals surface area contributed by atoms with Gasteiger partial charge in [0, 0.05) is 35.8 Å². The fraction of sp³-hybridized carbons (Fsp3) is 0.308. The van der Waals surface area contributed by atoms with Crippen LogP contribution in [0.3, 0.4) is 0 Å². The minimum absolute atomic E-state index is 0.0246. The van der Waals surface area contributed by atoms with E-state index in [0.29, 0.717) is 43.6 Å². The zero-order chi connectivity index (χ0) is 25.6. The van der Waals surface area contributed by atoms with Crippen LogP contribution in [0.2, 0.25) is 0 Å². The molecule has 0 saturated heterocycles. The lowest BCUT2D eigenvalue weighted by Gasteiger charge is -2.22. The second kappa shape index (κ2) is 11.3. The average Bonchev–Trinajstić information content (AvgIpc) is 2.87. The van der Waals surface area contributed by atoms with Crippen LogP contribution in [0, 0.1) is 0 Å². The van der Waals surface area contributed by atoms with E-state index in [4.69, 9.17) is 9.02 Å². The summed E-state index contributed by atoms with van der Waals surface area (Å²) in [7, 11) is -4.07. The van der Waals surface area contributed by atoms with Gasteiger partial charge in [-0.05, 0) is 54.3 Å². The molecule has 36 heavy (non-hydrogen) atoms. The SMILES string of the molecule is O=C1CCc2cc(OCCCC=[N+](OS)C3=CCC(F)(S(=O)(=O)Cc4ccccc4)C=C3)ccc2N1. The van der Waals surface area contributed by atoms with E-state index in [1.807, 2.05) is 18.2 Å². The van der Waals surface area contributed by atoms with E-state index in [-0.39, 0.29) is 18.1 Å². The number of thiol groups is 1. The molecule has 1 aliphatic heterocycles. The number of hydrogen-bond acceptors (Lipinski definition) is 6. The summed E-state index contributed by atoms with van der Waals surface area (Å²) in [4.78, 5) is 11.5. The number of hydroxylamine groups is 1. The number of aryl methyl sites for hydroxylation is 1. The normalized spacial score (nSPS) is 19.8. The number of nitrogens with zero attached hydrogens (tertiary/aromatic N) is 1. The molecular formula is C26H28FN2O5S2+. The Morgan fingerprint density at radius 2 is 1.97 bits per heavy atom. The molecule has 4 rings (SSSR count). The predicted octanol–water partition coefficient (Wildman–Crippen LogP) is 4.71. The molecule has 1 atom stereocenters. The molecule has 0 fully saturated rings. The first-order chi connectivity index (χ1) is 17.3. The topological polar surface area (TPSA) is 84.7 Å². The van der Waals surface area contributed by atoms with Gasteiger partial charge in [0.15, 0.2) is 9.84 Å². The first-order valence-corrected chi connectivity index (χ1v) is 13.7. The zero-order valence-electron chi connectivity index (χ0n) is 19.6. The molecule has 1 amide bonds. The van der Waals surface area contributed by atoms with Crippen LogP contribution >= 0.6 is 12.9 Å². The highest BCUT2D eigenvalue weighted by Crippen LogP contribution is 2.33. The van der Waals surface area contributed by atoms with Crippen molar-refractivity contribution in [3.63, 3.8) is 0 Å². The van der Waals surface area contributed by atoms with Gasteiger partial charge in [-0.2, -0.15) is 4.28 Å². The number of halogens is 1. The van der Waals surface area contributed by atoms with E-state index in [1.54, 1.807) is 36.5 Å². The molecule has 1 N–H and O–H groups in total. The summed E-state index contributed by atoms with van der Waals surface area (Å²) in [5, 5.41) is 0.358. The van der Waals surface area contributed by atoms with E-state index < -0.39 is 14.8 Å². The lowest BCUT2D eigenvalue weighted by Crippen LogP contribution is -2.34. The fourth-order valence-electron chi connectivity index (χ4n) is 4.01. The summed E-state index contributed by atoms with van der Waals surface area (Å²) < 4.78 is 53.1. The van der Waals surface area contributed by atoms with Gasteiger partial charge in [-0.25, -0.2) is 12.8 Å². The second-order valence-electron chi connectivity index (χ2n) is 8.65. The minimum atomic E-state index is -4.07. The summed E-state index contributed by atoms with van der Waals surface area (Å²) >= 11 is 3.87. The van der Waals surface area contributed by atoms with Gasteiger partial charge < -0.3 is 10.1 Å². The van der Waals surface area contributed by atoms with Crippen LogP contribution in [-0.4, -0.2) is 36.9 Å². The molecule has 0 saturated carbocycles. The average molecular weight is 532 g/mol. The molecule has 0 aromatic heterocycles. The second-order valence-corrected chi connectivity index (χ2v) is 11.0. The van der Waals surface area contributed by atoms with E-state index >= 15 is 4.39 Å². The third-order valence-corrected chi connectivity index (χ3v) is 8.26. The summed E-state index contributed by atoms with van der Waals surface area (Å²) in [5.41, 5.74) is 2.91. The van der Waals surface area contributed by atoms with Crippen LogP contribution in [0.15, 0.2) is 72.5 Å². The van der Waals surface area contributed by atoms with Crippen LogP contribution in [0.4, 0.5) is 10.1 Å². The van der Waals surface area contributed by atoms with E-state index in [1.165, 1.54) is 16.9 Å². The lowest BCUT2D eigenvalue weighted by molar-refractivity contribution is -0.696. The molecule has 190 valence electrons. The molecule has 10 heteroatoms. The number of fused-ring (bicyclic) bond motifs is 1. The molecule has 0 bridgehead atoms. The number of nitrogens with one attached hydrogen (secondary N) is 1. The van der Waals surface area contributed by atoms with Gasteiger partial charge in [0.05, 0.1) is 12.4 Å². The number of hydrogen-bond donors (Lipinski definition) is 2. The molecule has 0 radical (unpaired) electrons. The number of benzene rings is 2. The molecule has 0 spiro atoms. The number of allylic oxidation sites excluding steroid dienone is 2. The number of carbonyl (C=O) groups excluding carboxylic acids is 1. The Kier molecular flexibility index (Phi) is 8.15. The van der Waals surface area contributed by atoms with Crippen molar-refractivity contribution in [3.8, 4) is 5.75 Å². The van der Waals surface area contributed by atoms with Crippen LogP contribution in [0.1, 0.15) is 36.8 Å². The van der Waals surface area contributed by atoms with Gasteiger partial charge >= 0.3 is 0 Å². The standard InChI is InChI=1S/C26H27FN2O5S2/c27-26(36(31,32)19-20-6-2-1-3-7-20)14-12-22(13-15-26)29(34-35)16-4-5-17-33-23-9-10-24-21(18-23)8-11-25(30)28-24/h1-3,6-7,9-10,12-14,16,18H,4-5,8,11,15,17,19H2,(H-,28,30,35)/p+1. The lowest BCUT2D eigenvalue weighted by atomic mass is 10.0. The Morgan fingerprint density at radius 3 is 2.69 bits per heavy atom. The Labute approximate surface area is 215 Å². The monoisotopic (exact) mass is 531 g/mol. The first-order valence-electron chi connectivity index (χ1n) is 11.6. The molecule has 2 aromatic rings. The number of ether oxygens (including phenoxy) is 1. The Bertz CT molecular complexity index is 1310. The van der Waals surface area contributed by atoms with Gasteiger partial charge in [0.2, 0.25) is 17.1 Å². The van der Waals surface area contributed by atoms with Crippen molar-refractivity contribution in [2.75, 3.05) is 11.9 Å². The van der Waals surface area contributed by atoms with Crippen molar-refractivity contribution >= 4 is 40.6 Å². The Morgan fingerprint density at radius 1 is 1.17 bits per heavy atom. The number of amides is 1. The van der Waals surface area contributed by atoms with Crippen LogP contribution in [0.5, 0.6) is 5.75 Å². The van der Waals surface area contributed by atoms with Crippen molar-refractivity contribution in [2.45, 2.75) is 42.9 Å². The molecular weight excluding hydrogens is 503 g/mol. The molecule has 1 heterocycles. The number of alkyl halides is 1. The maximum Gasteiger partial charge on any atom is 0.254 e. The fourth-order valence-corrected chi connectivity index (χ4v) is 5.66. The smallest absolute Gasteiger partial charge is 0.254 e. The number of sulfone groups is 1. The molecule has 1 unspecified atom stereocenters. The number of carbonyl (C=O) groups is 1. The number of rotatable bonds is 10. The quantitative estimate of drug-likeness (QED) is 0.116. The molecule has 2 aliphatic rings. The van der Waals surface area contributed by atoms with Gasteiger partial charge in [-0.1, -0.05) is 30.3 Å². The summed E-state index contributed by atoms with van der Waals surface area (Å²) in [6, 6.07) is 14.2. The van der Waals surface area contributed by atoms with Crippen molar-refractivity contribution in [2.24, 2.45) is 0 Å². The summed E-state index contributed by atoms with van der Waals surface area (Å²) in [6.45, 7) is 0.461.